The predicted molar refractivity (Wildman–Crippen MR) is 82.0 cm³/mol. The first kappa shape index (κ1) is 15.4. The summed E-state index contributed by atoms with van der Waals surface area (Å²) in [6.07, 6.45) is 0. The zero-order chi connectivity index (χ0) is 16.6. The number of aromatic nitrogens is 2. The molecular weight excluding hydrogens is 327 g/mol. The van der Waals surface area contributed by atoms with Crippen LogP contribution in [0.2, 0.25) is 0 Å². The van der Waals surface area contributed by atoms with Crippen LogP contribution in [-0.2, 0) is 5.75 Å². The number of fused-ring (bicyclic) bond motifs is 1. The molecule has 3 aromatic rings. The summed E-state index contributed by atoms with van der Waals surface area (Å²) in [6, 6.07) is 6.70. The minimum Gasteiger partial charge on any atom is -0.334 e. The maximum absolute atomic E-state index is 13.3. The molecule has 8 heteroatoms. The molecule has 0 radical (unpaired) electrons. The zero-order valence-corrected chi connectivity index (χ0v) is 12.4. The number of benzene rings is 2. The Morgan fingerprint density at radius 1 is 1.04 bits per heavy atom. The van der Waals surface area contributed by atoms with E-state index in [-0.39, 0.29) is 21.8 Å². The first-order chi connectivity index (χ1) is 10.9. The highest BCUT2D eigenvalue weighted by atomic mass is 32.2. The molecule has 23 heavy (non-hydrogen) atoms. The highest BCUT2D eigenvalue weighted by molar-refractivity contribution is 7.98. The van der Waals surface area contributed by atoms with Gasteiger partial charge in [-0.05, 0) is 29.8 Å². The van der Waals surface area contributed by atoms with E-state index in [4.69, 9.17) is 5.84 Å². The molecule has 0 aliphatic heterocycles. The summed E-state index contributed by atoms with van der Waals surface area (Å²) in [5.74, 6) is 3.93. The fraction of sp³-hybridized carbons (Fsp3) is 0.0667. The molecule has 4 nitrogen and oxygen atoms in total. The van der Waals surface area contributed by atoms with Gasteiger partial charge in [-0.1, -0.05) is 11.8 Å². The number of hydrogen-bond acceptors (Lipinski definition) is 4. The largest absolute Gasteiger partial charge is 0.334 e. The van der Waals surface area contributed by atoms with Crippen LogP contribution in [0.5, 0.6) is 0 Å². The maximum Gasteiger partial charge on any atom is 0.280 e. The molecule has 118 valence electrons. The number of halogens is 3. The third kappa shape index (κ3) is 3.16. The third-order valence-electron chi connectivity index (χ3n) is 3.12. The lowest BCUT2D eigenvalue weighted by Crippen LogP contribution is -2.29. The molecule has 0 spiro atoms. The van der Waals surface area contributed by atoms with E-state index < -0.39 is 23.0 Å². The Balaban J connectivity index is 1.96. The monoisotopic (exact) mass is 337 g/mol. The van der Waals surface area contributed by atoms with Crippen molar-refractivity contribution in [1.82, 2.24) is 9.66 Å². The summed E-state index contributed by atoms with van der Waals surface area (Å²) >= 11 is 1.02. The number of nitrogen functional groups attached to an aromatic ring is 1. The number of hydrogen-bond donors (Lipinski definition) is 1. The van der Waals surface area contributed by atoms with E-state index in [9.17, 15) is 18.0 Å². The summed E-state index contributed by atoms with van der Waals surface area (Å²) in [5, 5.41) is 0.313. The Bertz CT molecular complexity index is 938. The van der Waals surface area contributed by atoms with Gasteiger partial charge in [-0.2, -0.15) is 0 Å². The van der Waals surface area contributed by atoms with Crippen molar-refractivity contribution in [3.05, 3.63) is 69.8 Å². The minimum absolute atomic E-state index is 0.123. The summed E-state index contributed by atoms with van der Waals surface area (Å²) in [5.41, 5.74) is 0.0219. The van der Waals surface area contributed by atoms with Crippen molar-refractivity contribution in [2.45, 2.75) is 10.9 Å². The Morgan fingerprint density at radius 2 is 1.74 bits per heavy atom. The fourth-order valence-electron chi connectivity index (χ4n) is 2.10. The van der Waals surface area contributed by atoms with Crippen molar-refractivity contribution in [3.8, 4) is 0 Å². The molecule has 0 aliphatic rings. The Morgan fingerprint density at radius 3 is 2.43 bits per heavy atom. The molecule has 1 heterocycles. The summed E-state index contributed by atoms with van der Waals surface area (Å²) < 4.78 is 40.4. The Kier molecular flexibility index (Phi) is 3.99. The van der Waals surface area contributed by atoms with Gasteiger partial charge in [0.05, 0.1) is 10.9 Å². The third-order valence-corrected chi connectivity index (χ3v) is 4.15. The van der Waals surface area contributed by atoms with E-state index in [1.54, 1.807) is 0 Å². The number of nitrogens with two attached hydrogens (primary N) is 1. The first-order valence-corrected chi connectivity index (χ1v) is 7.48. The smallest absolute Gasteiger partial charge is 0.280 e. The van der Waals surface area contributed by atoms with E-state index in [0.717, 1.165) is 34.6 Å². The molecule has 2 N–H and O–H groups in total. The SMILES string of the molecule is Nn1c(SCc2cc(F)cc(F)c2)nc2cc(F)ccc2c1=O. The van der Waals surface area contributed by atoms with Gasteiger partial charge >= 0.3 is 0 Å². The van der Waals surface area contributed by atoms with Crippen molar-refractivity contribution in [3.63, 3.8) is 0 Å². The number of thioether (sulfide) groups is 1. The van der Waals surface area contributed by atoms with Crippen LogP contribution in [0.1, 0.15) is 5.56 Å². The van der Waals surface area contributed by atoms with Crippen LogP contribution in [0.4, 0.5) is 13.2 Å². The second kappa shape index (κ2) is 5.96. The lowest BCUT2D eigenvalue weighted by molar-refractivity contribution is 0.581. The standard InChI is InChI=1S/C15H10F3N3OS/c16-9-1-2-12-13(6-9)20-15(21(19)14(12)22)23-7-8-3-10(17)5-11(18)4-8/h1-6H,7,19H2. The van der Waals surface area contributed by atoms with Crippen molar-refractivity contribution in [2.75, 3.05) is 5.84 Å². The lowest BCUT2D eigenvalue weighted by Gasteiger charge is -2.08. The van der Waals surface area contributed by atoms with Crippen LogP contribution in [0.3, 0.4) is 0 Å². The molecule has 0 atom stereocenters. The normalized spacial score (nSPS) is 11.1. The summed E-state index contributed by atoms with van der Waals surface area (Å²) in [4.78, 5) is 16.3. The van der Waals surface area contributed by atoms with Crippen molar-refractivity contribution in [2.24, 2.45) is 0 Å². The maximum atomic E-state index is 13.3. The topological polar surface area (TPSA) is 60.9 Å². The van der Waals surface area contributed by atoms with Gasteiger partial charge in [-0.25, -0.2) is 22.8 Å². The van der Waals surface area contributed by atoms with Crippen molar-refractivity contribution >= 4 is 22.7 Å². The lowest BCUT2D eigenvalue weighted by atomic mass is 10.2. The van der Waals surface area contributed by atoms with Gasteiger partial charge in [0.2, 0.25) is 0 Å². The van der Waals surface area contributed by atoms with Gasteiger partial charge in [-0.15, -0.1) is 0 Å². The molecule has 0 unspecified atom stereocenters. The molecule has 0 saturated heterocycles. The van der Waals surface area contributed by atoms with Gasteiger partial charge in [-0.3, -0.25) is 4.79 Å². The van der Waals surface area contributed by atoms with Crippen LogP contribution in [0.25, 0.3) is 10.9 Å². The average Bonchev–Trinajstić information content (AvgIpc) is 2.48. The van der Waals surface area contributed by atoms with Crippen LogP contribution in [0.15, 0.2) is 46.3 Å². The van der Waals surface area contributed by atoms with Crippen LogP contribution in [0, 0.1) is 17.5 Å². The van der Waals surface area contributed by atoms with Gasteiger partial charge < -0.3 is 5.84 Å². The van der Waals surface area contributed by atoms with E-state index in [0.29, 0.717) is 5.56 Å². The molecule has 0 amide bonds. The molecule has 0 aliphatic carbocycles. The van der Waals surface area contributed by atoms with Crippen LogP contribution >= 0.6 is 11.8 Å². The van der Waals surface area contributed by atoms with Crippen molar-refractivity contribution < 1.29 is 13.2 Å². The second-order valence-corrected chi connectivity index (χ2v) is 5.74. The second-order valence-electron chi connectivity index (χ2n) is 4.80. The molecule has 2 aromatic carbocycles. The van der Waals surface area contributed by atoms with Crippen molar-refractivity contribution in [1.29, 1.82) is 0 Å². The quantitative estimate of drug-likeness (QED) is 0.454. The van der Waals surface area contributed by atoms with E-state index in [2.05, 4.69) is 4.98 Å². The fourth-order valence-corrected chi connectivity index (χ4v) is 2.94. The first-order valence-electron chi connectivity index (χ1n) is 6.49. The molecule has 0 saturated carbocycles. The van der Waals surface area contributed by atoms with Gasteiger partial charge in [0.15, 0.2) is 5.16 Å². The van der Waals surface area contributed by atoms with Crippen LogP contribution in [-0.4, -0.2) is 9.66 Å². The van der Waals surface area contributed by atoms with Gasteiger partial charge in [0, 0.05) is 17.9 Å². The van der Waals surface area contributed by atoms with Crippen LogP contribution < -0.4 is 11.4 Å². The molecule has 0 bridgehead atoms. The Labute approximate surface area is 132 Å². The molecule has 3 rings (SSSR count). The molecule has 0 fully saturated rings. The number of nitrogens with zero attached hydrogens (tertiary/aromatic N) is 2. The minimum atomic E-state index is -0.695. The average molecular weight is 337 g/mol. The summed E-state index contributed by atoms with van der Waals surface area (Å²) in [7, 11) is 0. The van der Waals surface area contributed by atoms with E-state index in [1.165, 1.54) is 18.2 Å². The highest BCUT2D eigenvalue weighted by Gasteiger charge is 2.11. The predicted octanol–water partition coefficient (Wildman–Crippen LogP) is 2.82. The Hall–Kier alpha value is -2.48. The van der Waals surface area contributed by atoms with E-state index >= 15 is 0 Å². The highest BCUT2D eigenvalue weighted by Crippen LogP contribution is 2.22. The van der Waals surface area contributed by atoms with Gasteiger partial charge in [0.1, 0.15) is 17.5 Å². The summed E-state index contributed by atoms with van der Waals surface area (Å²) in [6.45, 7) is 0. The number of rotatable bonds is 3. The van der Waals surface area contributed by atoms with E-state index in [1.807, 2.05) is 0 Å². The zero-order valence-electron chi connectivity index (χ0n) is 11.6. The molecule has 1 aromatic heterocycles. The van der Waals surface area contributed by atoms with Gasteiger partial charge in [0.25, 0.3) is 5.56 Å². The molecular formula is C15H10F3N3OS.